The second-order valence-corrected chi connectivity index (χ2v) is 5.83. The highest BCUT2D eigenvalue weighted by Gasteiger charge is 2.26. The van der Waals surface area contributed by atoms with Gasteiger partial charge in [-0.05, 0) is 31.1 Å². The number of sulfone groups is 1. The van der Waals surface area contributed by atoms with E-state index in [1.165, 1.54) is 12.3 Å². The van der Waals surface area contributed by atoms with E-state index in [4.69, 9.17) is 0 Å². The fraction of sp³-hybridized carbons (Fsp3) is 0.250. The van der Waals surface area contributed by atoms with E-state index in [0.29, 0.717) is 16.0 Å². The molecule has 1 aromatic carbocycles. The van der Waals surface area contributed by atoms with Gasteiger partial charge < -0.3 is 0 Å². The molecule has 4 heteroatoms. The van der Waals surface area contributed by atoms with Crippen molar-refractivity contribution in [2.24, 2.45) is 0 Å². The first kappa shape index (κ1) is 11.1. The maximum absolute atomic E-state index is 11.8. The van der Waals surface area contributed by atoms with Crippen molar-refractivity contribution in [2.75, 3.05) is 0 Å². The van der Waals surface area contributed by atoms with Crippen LogP contribution in [0.25, 0.3) is 5.57 Å². The zero-order valence-electron chi connectivity index (χ0n) is 9.15. The third-order valence-corrected chi connectivity index (χ3v) is 4.09. The molecule has 0 saturated carbocycles. The largest absolute Gasteiger partial charge is 0.300 e. The van der Waals surface area contributed by atoms with Crippen LogP contribution in [0.15, 0.2) is 28.5 Å². The molecule has 1 aromatic rings. The van der Waals surface area contributed by atoms with E-state index in [9.17, 15) is 13.2 Å². The van der Waals surface area contributed by atoms with Gasteiger partial charge in [-0.2, -0.15) is 0 Å². The van der Waals surface area contributed by atoms with E-state index in [-0.39, 0.29) is 12.2 Å². The molecule has 0 amide bonds. The first-order valence-electron chi connectivity index (χ1n) is 4.96. The minimum atomic E-state index is -3.33. The Morgan fingerprint density at radius 1 is 1.31 bits per heavy atom. The van der Waals surface area contributed by atoms with Gasteiger partial charge in [-0.25, -0.2) is 8.42 Å². The van der Waals surface area contributed by atoms with Crippen LogP contribution >= 0.6 is 0 Å². The van der Waals surface area contributed by atoms with Crippen molar-refractivity contribution in [1.82, 2.24) is 0 Å². The lowest BCUT2D eigenvalue weighted by atomic mass is 10.0. The van der Waals surface area contributed by atoms with Crippen molar-refractivity contribution < 1.29 is 13.2 Å². The molecule has 1 aliphatic heterocycles. The second-order valence-electron chi connectivity index (χ2n) is 4.07. The summed E-state index contributed by atoms with van der Waals surface area (Å²) in [5.74, 6) is -0.0317. The molecule has 0 bridgehead atoms. The fourth-order valence-electron chi connectivity index (χ4n) is 1.86. The number of ketones is 1. The van der Waals surface area contributed by atoms with Crippen LogP contribution in [-0.2, 0) is 14.6 Å². The molecule has 0 aromatic heterocycles. The van der Waals surface area contributed by atoms with Gasteiger partial charge in [0, 0.05) is 11.8 Å². The minimum Gasteiger partial charge on any atom is -0.300 e. The number of carbonyl (C=O) groups excluding carboxylic acids is 1. The average Bonchev–Trinajstić information content (AvgIpc) is 2.37. The Morgan fingerprint density at radius 2 is 2.00 bits per heavy atom. The molecule has 0 spiro atoms. The van der Waals surface area contributed by atoms with Gasteiger partial charge in [-0.3, -0.25) is 4.79 Å². The van der Waals surface area contributed by atoms with Crippen molar-refractivity contribution in [3.05, 3.63) is 34.7 Å². The normalized spacial score (nSPS) is 16.8. The molecule has 2 rings (SSSR count). The maximum Gasteiger partial charge on any atom is 0.200 e. The SMILES string of the molecule is CC(=O)CC1=CS(=O)(=O)c2ccc(C)cc21. The lowest BCUT2D eigenvalue weighted by Gasteiger charge is -2.03. The number of aryl methyl sites for hydroxylation is 1. The number of carbonyl (C=O) groups is 1. The molecule has 1 heterocycles. The van der Waals surface area contributed by atoms with Gasteiger partial charge in [0.1, 0.15) is 5.78 Å². The van der Waals surface area contributed by atoms with Gasteiger partial charge >= 0.3 is 0 Å². The topological polar surface area (TPSA) is 51.2 Å². The van der Waals surface area contributed by atoms with E-state index >= 15 is 0 Å². The fourth-order valence-corrected chi connectivity index (χ4v) is 3.33. The Labute approximate surface area is 94.7 Å². The van der Waals surface area contributed by atoms with E-state index < -0.39 is 9.84 Å². The van der Waals surface area contributed by atoms with Crippen LogP contribution in [0.2, 0.25) is 0 Å². The first-order valence-corrected chi connectivity index (χ1v) is 6.51. The molecule has 0 atom stereocenters. The smallest absolute Gasteiger partial charge is 0.200 e. The molecule has 0 aliphatic carbocycles. The number of Topliss-reactive ketones (excluding diaryl/α,β-unsaturated/α-hetero) is 1. The molecule has 1 aliphatic rings. The van der Waals surface area contributed by atoms with Crippen LogP contribution in [-0.4, -0.2) is 14.2 Å². The van der Waals surface area contributed by atoms with Crippen LogP contribution in [0.1, 0.15) is 24.5 Å². The highest BCUT2D eigenvalue weighted by molar-refractivity contribution is 7.95. The zero-order valence-corrected chi connectivity index (χ0v) is 9.97. The highest BCUT2D eigenvalue weighted by atomic mass is 32.2. The monoisotopic (exact) mass is 236 g/mol. The Balaban J connectivity index is 2.61. The van der Waals surface area contributed by atoms with Crippen LogP contribution in [0.3, 0.4) is 0 Å². The molecule has 16 heavy (non-hydrogen) atoms. The van der Waals surface area contributed by atoms with Gasteiger partial charge in [-0.1, -0.05) is 17.7 Å². The van der Waals surface area contributed by atoms with Crippen molar-refractivity contribution in [1.29, 1.82) is 0 Å². The molecule has 0 saturated heterocycles. The number of hydrogen-bond donors (Lipinski definition) is 0. The summed E-state index contributed by atoms with van der Waals surface area (Å²) in [6.07, 6.45) is 0.176. The van der Waals surface area contributed by atoms with Gasteiger partial charge in [0.05, 0.1) is 4.90 Å². The summed E-state index contributed by atoms with van der Waals surface area (Å²) in [5, 5.41) is 1.21. The van der Waals surface area contributed by atoms with Gasteiger partial charge in [0.2, 0.25) is 9.84 Å². The highest BCUT2D eigenvalue weighted by Crippen LogP contribution is 2.35. The summed E-state index contributed by atoms with van der Waals surface area (Å²) in [4.78, 5) is 11.4. The van der Waals surface area contributed by atoms with Gasteiger partial charge in [0.15, 0.2) is 0 Å². The number of hydrogen-bond acceptors (Lipinski definition) is 3. The standard InChI is InChI=1S/C12H12O3S/c1-8-3-4-12-11(5-8)10(6-9(2)13)7-16(12,14)15/h3-5,7H,6H2,1-2H3. The van der Waals surface area contributed by atoms with Gasteiger partial charge in [0.25, 0.3) is 0 Å². The molecule has 3 nitrogen and oxygen atoms in total. The number of benzene rings is 1. The molecule has 0 unspecified atom stereocenters. The van der Waals surface area contributed by atoms with Crippen molar-refractivity contribution >= 4 is 21.2 Å². The summed E-state index contributed by atoms with van der Waals surface area (Å²) in [6, 6.07) is 5.18. The number of fused-ring (bicyclic) bond motifs is 1. The van der Waals surface area contributed by atoms with Crippen LogP contribution in [0.5, 0.6) is 0 Å². The maximum atomic E-state index is 11.8. The lowest BCUT2D eigenvalue weighted by Crippen LogP contribution is -1.94. The predicted octanol–water partition coefficient (Wildman–Crippen LogP) is 2.10. The number of rotatable bonds is 2. The Bertz CT molecular complexity index is 595. The molecule has 0 fully saturated rings. The summed E-state index contributed by atoms with van der Waals surface area (Å²) in [5.41, 5.74) is 2.27. The Kier molecular flexibility index (Phi) is 2.46. The molecule has 84 valence electrons. The van der Waals surface area contributed by atoms with Crippen LogP contribution in [0, 0.1) is 6.92 Å². The Hall–Kier alpha value is -1.42. The third kappa shape index (κ3) is 1.80. The van der Waals surface area contributed by atoms with Gasteiger partial charge in [-0.15, -0.1) is 0 Å². The summed E-state index contributed by atoms with van der Waals surface area (Å²) in [7, 11) is -3.33. The first-order chi connectivity index (χ1) is 7.40. The molecular formula is C12H12O3S. The van der Waals surface area contributed by atoms with E-state index in [0.717, 1.165) is 5.56 Å². The summed E-state index contributed by atoms with van der Waals surface area (Å²) >= 11 is 0. The third-order valence-electron chi connectivity index (χ3n) is 2.52. The quantitative estimate of drug-likeness (QED) is 0.790. The second kappa shape index (κ2) is 3.56. The summed E-state index contributed by atoms with van der Waals surface area (Å²) in [6.45, 7) is 3.36. The average molecular weight is 236 g/mol. The van der Waals surface area contributed by atoms with Crippen molar-refractivity contribution in [3.63, 3.8) is 0 Å². The van der Waals surface area contributed by atoms with Crippen LogP contribution < -0.4 is 0 Å². The Morgan fingerprint density at radius 3 is 2.62 bits per heavy atom. The predicted molar refractivity (Wildman–Crippen MR) is 61.6 cm³/mol. The number of allylic oxidation sites excluding steroid dienone is 1. The lowest BCUT2D eigenvalue weighted by molar-refractivity contribution is -0.116. The molecular weight excluding hydrogens is 224 g/mol. The minimum absolute atomic E-state index is 0.0317. The van der Waals surface area contributed by atoms with Crippen molar-refractivity contribution in [3.8, 4) is 0 Å². The van der Waals surface area contributed by atoms with Crippen LogP contribution in [0.4, 0.5) is 0 Å². The summed E-state index contributed by atoms with van der Waals surface area (Å²) < 4.78 is 23.5. The van der Waals surface area contributed by atoms with E-state index in [2.05, 4.69) is 0 Å². The zero-order chi connectivity index (χ0) is 11.9. The van der Waals surface area contributed by atoms with Crippen molar-refractivity contribution in [2.45, 2.75) is 25.2 Å². The van der Waals surface area contributed by atoms with E-state index in [1.807, 2.05) is 13.0 Å². The molecule has 0 radical (unpaired) electrons. The van der Waals surface area contributed by atoms with E-state index in [1.54, 1.807) is 12.1 Å². The molecule has 0 N–H and O–H groups in total.